The first-order valence-electron chi connectivity index (χ1n) is 8.92. The molecule has 1 N–H and O–H groups in total. The van der Waals surface area contributed by atoms with E-state index in [0.29, 0.717) is 26.1 Å². The second-order valence-corrected chi connectivity index (χ2v) is 7.95. The van der Waals surface area contributed by atoms with E-state index in [1.807, 2.05) is 30.0 Å². The summed E-state index contributed by atoms with van der Waals surface area (Å²) >= 11 is 0. The van der Waals surface area contributed by atoms with E-state index in [-0.39, 0.29) is 29.1 Å². The van der Waals surface area contributed by atoms with E-state index < -0.39 is 0 Å². The van der Waals surface area contributed by atoms with Crippen molar-refractivity contribution < 1.29 is 9.59 Å². The Labute approximate surface area is 145 Å². The van der Waals surface area contributed by atoms with Crippen LogP contribution in [0.15, 0.2) is 30.3 Å². The van der Waals surface area contributed by atoms with Crippen LogP contribution in [-0.2, 0) is 9.59 Å². The molecule has 0 unspecified atom stereocenters. The van der Waals surface area contributed by atoms with Crippen LogP contribution in [0.25, 0.3) is 0 Å². The average Bonchev–Trinajstić information content (AvgIpc) is 2.97. The Kier molecular flexibility index (Phi) is 6.03. The van der Waals surface area contributed by atoms with Crippen LogP contribution in [-0.4, -0.2) is 36.3 Å². The van der Waals surface area contributed by atoms with Gasteiger partial charge in [0.25, 0.3) is 0 Å². The fourth-order valence-electron chi connectivity index (χ4n) is 3.26. The zero-order valence-corrected chi connectivity index (χ0v) is 15.3. The molecule has 4 nitrogen and oxygen atoms in total. The standard InChI is InChI=1S/C20H30N2O2/c1-5-11-21-19(24)17-14-22(18(23)12-20(2,3)4)13-16(17)15-9-7-6-8-10-15/h6-10,16-17H,5,11-14H2,1-4H3,(H,21,24)/t16-,17+/m1/s1. The van der Waals surface area contributed by atoms with Crippen LogP contribution in [0.1, 0.15) is 52.0 Å². The fourth-order valence-corrected chi connectivity index (χ4v) is 3.26. The van der Waals surface area contributed by atoms with Gasteiger partial charge in [0.15, 0.2) is 0 Å². The van der Waals surface area contributed by atoms with Crippen LogP contribution in [0.2, 0.25) is 0 Å². The van der Waals surface area contributed by atoms with E-state index in [1.54, 1.807) is 0 Å². The summed E-state index contributed by atoms with van der Waals surface area (Å²) in [5, 5.41) is 3.00. The van der Waals surface area contributed by atoms with Crippen LogP contribution in [0, 0.1) is 11.3 Å². The molecule has 1 aliphatic heterocycles. The molecule has 0 bridgehead atoms. The highest BCUT2D eigenvalue weighted by Crippen LogP contribution is 2.34. The molecule has 1 saturated heterocycles. The van der Waals surface area contributed by atoms with Gasteiger partial charge in [-0.15, -0.1) is 0 Å². The summed E-state index contributed by atoms with van der Waals surface area (Å²) in [6.45, 7) is 10.1. The first-order chi connectivity index (χ1) is 11.3. The normalized spacial score (nSPS) is 20.9. The Hall–Kier alpha value is -1.84. The van der Waals surface area contributed by atoms with Crippen molar-refractivity contribution in [2.75, 3.05) is 19.6 Å². The molecule has 2 atom stereocenters. The second-order valence-electron chi connectivity index (χ2n) is 7.95. The largest absolute Gasteiger partial charge is 0.356 e. The fraction of sp³-hybridized carbons (Fsp3) is 0.600. The number of likely N-dealkylation sites (tertiary alicyclic amines) is 1. The lowest BCUT2D eigenvalue weighted by Crippen LogP contribution is -2.36. The van der Waals surface area contributed by atoms with Crippen molar-refractivity contribution in [3.05, 3.63) is 35.9 Å². The number of hydrogen-bond acceptors (Lipinski definition) is 2. The zero-order valence-electron chi connectivity index (χ0n) is 15.3. The molecule has 0 spiro atoms. The summed E-state index contributed by atoms with van der Waals surface area (Å²) in [7, 11) is 0. The summed E-state index contributed by atoms with van der Waals surface area (Å²) in [6, 6.07) is 10.1. The predicted molar refractivity (Wildman–Crippen MR) is 96.6 cm³/mol. The van der Waals surface area contributed by atoms with Gasteiger partial charge in [0.2, 0.25) is 11.8 Å². The van der Waals surface area contributed by atoms with Crippen LogP contribution in [0.4, 0.5) is 0 Å². The quantitative estimate of drug-likeness (QED) is 0.901. The predicted octanol–water partition coefficient (Wildman–Crippen LogP) is 3.19. The molecule has 0 aliphatic carbocycles. The SMILES string of the molecule is CCCNC(=O)[C@H]1CN(C(=O)CC(C)(C)C)C[C@@H]1c1ccccc1. The van der Waals surface area contributed by atoms with Gasteiger partial charge in [-0.2, -0.15) is 0 Å². The van der Waals surface area contributed by atoms with E-state index in [4.69, 9.17) is 0 Å². The van der Waals surface area contributed by atoms with E-state index in [1.165, 1.54) is 0 Å². The Morgan fingerprint density at radius 1 is 1.17 bits per heavy atom. The third-order valence-electron chi connectivity index (χ3n) is 4.47. The number of benzene rings is 1. The average molecular weight is 330 g/mol. The molecule has 24 heavy (non-hydrogen) atoms. The summed E-state index contributed by atoms with van der Waals surface area (Å²) in [5.74, 6) is 0.126. The van der Waals surface area contributed by atoms with E-state index in [9.17, 15) is 9.59 Å². The van der Waals surface area contributed by atoms with Gasteiger partial charge in [-0.05, 0) is 17.4 Å². The molecule has 2 amide bonds. The number of carbonyl (C=O) groups is 2. The Balaban J connectivity index is 2.16. The summed E-state index contributed by atoms with van der Waals surface area (Å²) in [5.41, 5.74) is 1.10. The third kappa shape index (κ3) is 4.83. The molecular formula is C20H30N2O2. The lowest BCUT2D eigenvalue weighted by Gasteiger charge is -2.23. The Morgan fingerprint density at radius 2 is 1.83 bits per heavy atom. The minimum absolute atomic E-state index is 0.0398. The van der Waals surface area contributed by atoms with Crippen LogP contribution < -0.4 is 5.32 Å². The van der Waals surface area contributed by atoms with E-state index in [0.717, 1.165) is 12.0 Å². The summed E-state index contributed by atoms with van der Waals surface area (Å²) in [4.78, 5) is 27.1. The maximum absolute atomic E-state index is 12.6. The highest BCUT2D eigenvalue weighted by Gasteiger charge is 2.40. The molecule has 0 saturated carbocycles. The Bertz CT molecular complexity index is 563. The lowest BCUT2D eigenvalue weighted by atomic mass is 9.88. The first kappa shape index (κ1) is 18.5. The maximum atomic E-state index is 12.6. The zero-order chi connectivity index (χ0) is 17.7. The topological polar surface area (TPSA) is 49.4 Å². The van der Waals surface area contributed by atoms with Crippen molar-refractivity contribution in [1.82, 2.24) is 10.2 Å². The van der Waals surface area contributed by atoms with Crippen LogP contribution in [0.3, 0.4) is 0 Å². The van der Waals surface area contributed by atoms with Gasteiger partial charge in [-0.1, -0.05) is 58.0 Å². The van der Waals surface area contributed by atoms with Crippen molar-refractivity contribution in [2.24, 2.45) is 11.3 Å². The highest BCUT2D eigenvalue weighted by atomic mass is 16.2. The van der Waals surface area contributed by atoms with Crippen molar-refractivity contribution >= 4 is 11.8 Å². The van der Waals surface area contributed by atoms with Gasteiger partial charge in [0.1, 0.15) is 0 Å². The molecule has 1 aliphatic rings. The number of amides is 2. The molecular weight excluding hydrogens is 300 g/mol. The number of hydrogen-bond donors (Lipinski definition) is 1. The number of nitrogens with one attached hydrogen (secondary N) is 1. The minimum Gasteiger partial charge on any atom is -0.356 e. The first-order valence-corrected chi connectivity index (χ1v) is 8.92. The van der Waals surface area contributed by atoms with E-state index in [2.05, 4.69) is 38.2 Å². The molecule has 1 aromatic rings. The third-order valence-corrected chi connectivity index (χ3v) is 4.47. The monoisotopic (exact) mass is 330 g/mol. The number of carbonyl (C=O) groups excluding carboxylic acids is 2. The van der Waals surface area contributed by atoms with Gasteiger partial charge in [-0.3, -0.25) is 9.59 Å². The second kappa shape index (κ2) is 7.82. The molecule has 4 heteroatoms. The molecule has 0 aromatic heterocycles. The van der Waals surface area contributed by atoms with Crippen LogP contribution >= 0.6 is 0 Å². The molecule has 1 heterocycles. The Morgan fingerprint density at radius 3 is 2.42 bits per heavy atom. The van der Waals surface area contributed by atoms with Gasteiger partial charge < -0.3 is 10.2 Å². The van der Waals surface area contributed by atoms with Crippen LogP contribution in [0.5, 0.6) is 0 Å². The molecule has 1 fully saturated rings. The van der Waals surface area contributed by atoms with Crippen molar-refractivity contribution in [2.45, 2.75) is 46.5 Å². The smallest absolute Gasteiger partial charge is 0.225 e. The number of nitrogens with zero attached hydrogens (tertiary/aromatic N) is 1. The molecule has 1 aromatic carbocycles. The van der Waals surface area contributed by atoms with Gasteiger partial charge in [0, 0.05) is 32.0 Å². The van der Waals surface area contributed by atoms with Gasteiger partial charge >= 0.3 is 0 Å². The number of rotatable bonds is 5. The van der Waals surface area contributed by atoms with Crippen molar-refractivity contribution in [3.8, 4) is 0 Å². The molecule has 2 rings (SSSR count). The van der Waals surface area contributed by atoms with E-state index >= 15 is 0 Å². The van der Waals surface area contributed by atoms with Crippen molar-refractivity contribution in [1.29, 1.82) is 0 Å². The van der Waals surface area contributed by atoms with Gasteiger partial charge in [0.05, 0.1) is 5.92 Å². The lowest BCUT2D eigenvalue weighted by molar-refractivity contribution is -0.132. The van der Waals surface area contributed by atoms with Gasteiger partial charge in [-0.25, -0.2) is 0 Å². The summed E-state index contributed by atoms with van der Waals surface area (Å²) < 4.78 is 0. The molecule has 0 radical (unpaired) electrons. The minimum atomic E-state index is -0.164. The molecule has 132 valence electrons. The highest BCUT2D eigenvalue weighted by molar-refractivity contribution is 5.83. The maximum Gasteiger partial charge on any atom is 0.225 e. The van der Waals surface area contributed by atoms with Crippen molar-refractivity contribution in [3.63, 3.8) is 0 Å². The summed E-state index contributed by atoms with van der Waals surface area (Å²) in [6.07, 6.45) is 1.43.